The fourth-order valence-electron chi connectivity index (χ4n) is 3.67. The van der Waals surface area contributed by atoms with Crippen LogP contribution >= 0.6 is 0 Å². The molecule has 1 N–H and O–H groups in total. The summed E-state index contributed by atoms with van der Waals surface area (Å²) in [5, 5.41) is 15.4. The molecule has 3 aromatic rings. The number of aryl methyl sites for hydroxylation is 1. The summed E-state index contributed by atoms with van der Waals surface area (Å²) >= 11 is 0. The van der Waals surface area contributed by atoms with Crippen LogP contribution in [0.1, 0.15) is 29.2 Å². The first kappa shape index (κ1) is 13.4. The van der Waals surface area contributed by atoms with E-state index in [2.05, 4.69) is 39.0 Å². The molecule has 1 atom stereocenters. The number of hydrogen-bond donors (Lipinski definition) is 1. The Kier molecular flexibility index (Phi) is 2.79. The highest BCUT2D eigenvalue weighted by Crippen LogP contribution is 2.43. The highest BCUT2D eigenvalue weighted by atomic mass is 19.1. The number of tetrazole rings is 1. The lowest BCUT2D eigenvalue weighted by Gasteiger charge is -2.33. The molecule has 24 heavy (non-hydrogen) atoms. The minimum absolute atomic E-state index is 0.111. The highest BCUT2D eigenvalue weighted by Gasteiger charge is 2.34. The van der Waals surface area contributed by atoms with Gasteiger partial charge in [0.1, 0.15) is 11.9 Å². The van der Waals surface area contributed by atoms with Crippen LogP contribution in [-0.2, 0) is 6.42 Å². The van der Waals surface area contributed by atoms with Gasteiger partial charge in [0.25, 0.3) is 0 Å². The quantitative estimate of drug-likeness (QED) is 0.748. The molecule has 2 aliphatic rings. The van der Waals surface area contributed by atoms with Crippen LogP contribution in [-0.4, -0.2) is 20.2 Å². The van der Waals surface area contributed by atoms with Crippen molar-refractivity contribution in [3.63, 3.8) is 0 Å². The molecule has 0 bridgehead atoms. The van der Waals surface area contributed by atoms with Crippen LogP contribution in [0, 0.1) is 5.82 Å². The molecule has 1 aliphatic carbocycles. The van der Waals surface area contributed by atoms with Gasteiger partial charge in [-0.25, -0.2) is 4.39 Å². The molecule has 6 heteroatoms. The number of hydrogen-bond acceptors (Lipinski definition) is 4. The number of benzene rings is 2. The van der Waals surface area contributed by atoms with Crippen molar-refractivity contribution in [1.82, 2.24) is 20.2 Å². The van der Waals surface area contributed by atoms with E-state index >= 15 is 0 Å². The fourth-order valence-corrected chi connectivity index (χ4v) is 3.67. The highest BCUT2D eigenvalue weighted by molar-refractivity contribution is 5.82. The van der Waals surface area contributed by atoms with Crippen LogP contribution < -0.4 is 5.32 Å². The molecule has 1 aromatic heterocycles. The van der Waals surface area contributed by atoms with E-state index < -0.39 is 0 Å². The van der Waals surface area contributed by atoms with Gasteiger partial charge in [0, 0.05) is 5.56 Å². The Morgan fingerprint density at radius 3 is 2.75 bits per heavy atom. The third kappa shape index (κ3) is 1.89. The van der Waals surface area contributed by atoms with Gasteiger partial charge in [0.05, 0.1) is 5.70 Å². The first-order valence-corrected chi connectivity index (χ1v) is 7.93. The number of allylic oxidation sites excluding steroid dienone is 1. The van der Waals surface area contributed by atoms with E-state index in [0.29, 0.717) is 5.95 Å². The summed E-state index contributed by atoms with van der Waals surface area (Å²) < 4.78 is 15.1. The number of fused-ring (bicyclic) bond motifs is 3. The fraction of sp³-hybridized carbons (Fsp3) is 0.167. The number of aromatic nitrogens is 4. The lowest BCUT2D eigenvalue weighted by atomic mass is 9.83. The first-order chi connectivity index (χ1) is 11.8. The Labute approximate surface area is 137 Å². The lowest BCUT2D eigenvalue weighted by Crippen LogP contribution is -2.27. The normalized spacial score (nSPS) is 18.5. The van der Waals surface area contributed by atoms with Crippen molar-refractivity contribution in [3.8, 4) is 0 Å². The average molecular weight is 319 g/mol. The summed E-state index contributed by atoms with van der Waals surface area (Å²) in [5.41, 5.74) is 5.81. The predicted octanol–water partition coefficient (Wildman–Crippen LogP) is 3.18. The molecule has 2 heterocycles. The zero-order valence-corrected chi connectivity index (χ0v) is 12.8. The second-order valence-electron chi connectivity index (χ2n) is 6.08. The van der Waals surface area contributed by atoms with Gasteiger partial charge in [-0.3, -0.25) is 0 Å². The average Bonchev–Trinajstić information content (AvgIpc) is 3.09. The smallest absolute Gasteiger partial charge is 0.248 e. The molecule has 5 rings (SSSR count). The Morgan fingerprint density at radius 2 is 1.88 bits per heavy atom. The van der Waals surface area contributed by atoms with E-state index in [0.717, 1.165) is 24.1 Å². The summed E-state index contributed by atoms with van der Waals surface area (Å²) in [6, 6.07) is 14.9. The van der Waals surface area contributed by atoms with E-state index in [1.165, 1.54) is 28.8 Å². The van der Waals surface area contributed by atoms with E-state index in [-0.39, 0.29) is 11.9 Å². The van der Waals surface area contributed by atoms with Crippen LogP contribution in [0.5, 0.6) is 0 Å². The maximum atomic E-state index is 13.3. The molecule has 5 nitrogen and oxygen atoms in total. The maximum Gasteiger partial charge on any atom is 0.248 e. The Balaban J connectivity index is 1.73. The Morgan fingerprint density at radius 1 is 1.04 bits per heavy atom. The molecule has 0 amide bonds. The number of rotatable bonds is 1. The van der Waals surface area contributed by atoms with Crippen LogP contribution in [0.2, 0.25) is 0 Å². The summed E-state index contributed by atoms with van der Waals surface area (Å²) in [4.78, 5) is 0. The summed E-state index contributed by atoms with van der Waals surface area (Å²) in [5.74, 6) is 0.368. The van der Waals surface area contributed by atoms with Crippen LogP contribution in [0.15, 0.2) is 54.1 Å². The molecule has 1 unspecified atom stereocenters. The summed E-state index contributed by atoms with van der Waals surface area (Å²) in [6.45, 7) is 0. The molecule has 0 saturated heterocycles. The predicted molar refractivity (Wildman–Crippen MR) is 87.7 cm³/mol. The van der Waals surface area contributed by atoms with Gasteiger partial charge in [-0.15, -0.1) is 0 Å². The monoisotopic (exact) mass is 319 g/mol. The van der Waals surface area contributed by atoms with Crippen LogP contribution in [0.3, 0.4) is 0 Å². The Hall–Kier alpha value is -3.02. The van der Waals surface area contributed by atoms with E-state index in [1.54, 1.807) is 4.68 Å². The SMILES string of the molecule is Fc1ccc(C2C3=C(Nc4nnnn42)c2ccccc2CC3)cc1. The van der Waals surface area contributed by atoms with Crippen LogP contribution in [0.4, 0.5) is 10.3 Å². The van der Waals surface area contributed by atoms with Gasteiger partial charge in [-0.2, -0.15) is 4.68 Å². The zero-order chi connectivity index (χ0) is 16.1. The topological polar surface area (TPSA) is 55.6 Å². The van der Waals surface area contributed by atoms with Crippen molar-refractivity contribution >= 4 is 11.6 Å². The molecule has 0 saturated carbocycles. The molecule has 0 spiro atoms. The number of nitrogens with zero attached hydrogens (tertiary/aromatic N) is 4. The van der Waals surface area contributed by atoms with Crippen LogP contribution in [0.25, 0.3) is 5.70 Å². The minimum atomic E-state index is -0.243. The van der Waals surface area contributed by atoms with Crippen molar-refractivity contribution in [2.45, 2.75) is 18.9 Å². The summed E-state index contributed by atoms with van der Waals surface area (Å²) in [6.07, 6.45) is 1.90. The van der Waals surface area contributed by atoms with E-state index in [4.69, 9.17) is 0 Å². The zero-order valence-electron chi connectivity index (χ0n) is 12.8. The lowest BCUT2D eigenvalue weighted by molar-refractivity contribution is 0.542. The second-order valence-corrected chi connectivity index (χ2v) is 6.08. The molecule has 0 fully saturated rings. The molecule has 0 radical (unpaired) electrons. The van der Waals surface area contributed by atoms with Gasteiger partial charge >= 0.3 is 0 Å². The molecular formula is C18H14FN5. The van der Waals surface area contributed by atoms with Crippen molar-refractivity contribution in [2.24, 2.45) is 0 Å². The van der Waals surface area contributed by atoms with E-state index in [9.17, 15) is 4.39 Å². The molecular weight excluding hydrogens is 305 g/mol. The van der Waals surface area contributed by atoms with Crippen molar-refractivity contribution < 1.29 is 4.39 Å². The number of anilines is 1. The van der Waals surface area contributed by atoms with Gasteiger partial charge < -0.3 is 5.32 Å². The third-order valence-corrected chi connectivity index (χ3v) is 4.76. The van der Waals surface area contributed by atoms with Crippen molar-refractivity contribution in [1.29, 1.82) is 0 Å². The number of nitrogens with one attached hydrogen (secondary N) is 1. The first-order valence-electron chi connectivity index (χ1n) is 7.93. The van der Waals surface area contributed by atoms with E-state index in [1.807, 2.05) is 18.2 Å². The Bertz CT molecular complexity index is 958. The molecule has 1 aliphatic heterocycles. The second kappa shape index (κ2) is 4.99. The van der Waals surface area contributed by atoms with Crippen molar-refractivity contribution in [2.75, 3.05) is 5.32 Å². The van der Waals surface area contributed by atoms with Crippen molar-refractivity contribution in [3.05, 3.63) is 76.6 Å². The molecule has 2 aromatic carbocycles. The number of halogens is 1. The van der Waals surface area contributed by atoms with Gasteiger partial charge in [0.15, 0.2) is 0 Å². The van der Waals surface area contributed by atoms with Gasteiger partial charge in [0.2, 0.25) is 5.95 Å². The standard InChI is InChI=1S/C18H14FN5/c19-13-8-5-12(6-9-13)17-15-10-7-11-3-1-2-4-14(11)16(15)20-18-21-22-23-24(17)18/h1-6,8-9,17H,7,10H2,(H,20,21,23). The van der Waals surface area contributed by atoms with Gasteiger partial charge in [-0.05, 0) is 52.1 Å². The maximum absolute atomic E-state index is 13.3. The molecule has 118 valence electrons. The van der Waals surface area contributed by atoms with Gasteiger partial charge in [-0.1, -0.05) is 41.5 Å². The third-order valence-electron chi connectivity index (χ3n) is 4.76. The summed E-state index contributed by atoms with van der Waals surface area (Å²) in [7, 11) is 0. The largest absolute Gasteiger partial charge is 0.322 e. The minimum Gasteiger partial charge on any atom is -0.322 e.